The van der Waals surface area contributed by atoms with Crippen molar-refractivity contribution < 1.29 is 24.5 Å². The minimum atomic E-state index is -0.913. The van der Waals surface area contributed by atoms with E-state index in [0.717, 1.165) is 22.1 Å². The number of esters is 1. The summed E-state index contributed by atoms with van der Waals surface area (Å²) in [4.78, 5) is 38.2. The molecule has 0 saturated carbocycles. The molecule has 1 aromatic heterocycles. The summed E-state index contributed by atoms with van der Waals surface area (Å²) in [5.41, 5.74) is 1.32. The zero-order valence-electron chi connectivity index (χ0n) is 16.3. The lowest BCUT2D eigenvalue weighted by Crippen LogP contribution is -2.42. The monoisotopic (exact) mass is 404 g/mol. The molecule has 2 aliphatic heterocycles. The third kappa shape index (κ3) is 3.39. The summed E-state index contributed by atoms with van der Waals surface area (Å²) in [5.74, 6) is -0.511. The molecule has 0 amide bonds. The molecule has 0 aromatic carbocycles. The van der Waals surface area contributed by atoms with Crippen LogP contribution >= 0.6 is 0 Å². The first-order chi connectivity index (χ1) is 13.8. The number of allylic oxidation sites excluding steroid dienone is 1. The number of fused-ring (bicyclic) bond motifs is 1. The van der Waals surface area contributed by atoms with E-state index in [4.69, 9.17) is 9.47 Å². The minimum Gasteiger partial charge on any atom is -0.454 e. The quantitative estimate of drug-likeness (QED) is 0.674. The van der Waals surface area contributed by atoms with Gasteiger partial charge in [0.25, 0.3) is 5.56 Å². The molecule has 0 spiro atoms. The highest BCUT2D eigenvalue weighted by molar-refractivity contribution is 5.93. The number of ether oxygens (including phenoxy) is 2. The van der Waals surface area contributed by atoms with Crippen LogP contribution in [0, 0.1) is 6.92 Å². The van der Waals surface area contributed by atoms with Crippen molar-refractivity contribution in [2.45, 2.75) is 64.2 Å². The van der Waals surface area contributed by atoms with Crippen molar-refractivity contribution in [3.63, 3.8) is 0 Å². The molecule has 1 unspecified atom stereocenters. The predicted molar refractivity (Wildman–Crippen MR) is 101 cm³/mol. The number of aromatic nitrogens is 2. The summed E-state index contributed by atoms with van der Waals surface area (Å²) >= 11 is 0. The smallest absolute Gasteiger partial charge is 0.336 e. The topological polar surface area (TPSA) is 120 Å². The van der Waals surface area contributed by atoms with Gasteiger partial charge in [0.05, 0.1) is 24.8 Å². The molecule has 1 fully saturated rings. The van der Waals surface area contributed by atoms with Crippen LogP contribution in [0.4, 0.5) is 0 Å². The van der Waals surface area contributed by atoms with Crippen molar-refractivity contribution in [1.82, 2.24) is 9.13 Å². The molecule has 4 rings (SSSR count). The number of aliphatic hydroxyl groups is 2. The lowest BCUT2D eigenvalue weighted by Gasteiger charge is -2.18. The number of nitrogens with zero attached hydrogens (tertiary/aromatic N) is 2. The van der Waals surface area contributed by atoms with Gasteiger partial charge in [0.15, 0.2) is 0 Å². The molecular weight excluding hydrogens is 380 g/mol. The molecule has 156 valence electrons. The Balaban J connectivity index is 1.75. The van der Waals surface area contributed by atoms with Gasteiger partial charge in [-0.3, -0.25) is 13.9 Å². The van der Waals surface area contributed by atoms with Gasteiger partial charge in [0, 0.05) is 23.8 Å². The second-order valence-electron chi connectivity index (χ2n) is 7.87. The largest absolute Gasteiger partial charge is 0.454 e. The molecule has 1 saturated heterocycles. The fourth-order valence-electron chi connectivity index (χ4n) is 4.13. The van der Waals surface area contributed by atoms with Crippen LogP contribution < -0.4 is 11.2 Å². The van der Waals surface area contributed by atoms with Gasteiger partial charge in [-0.1, -0.05) is 11.6 Å². The van der Waals surface area contributed by atoms with Crippen LogP contribution in [0.25, 0.3) is 0 Å². The predicted octanol–water partition coefficient (Wildman–Crippen LogP) is -0.0788. The zero-order chi connectivity index (χ0) is 20.9. The summed E-state index contributed by atoms with van der Waals surface area (Å²) in [6.45, 7) is 2.98. The highest BCUT2D eigenvalue weighted by atomic mass is 16.6. The molecule has 9 heteroatoms. The van der Waals surface area contributed by atoms with Crippen LogP contribution in [0.1, 0.15) is 38.0 Å². The summed E-state index contributed by atoms with van der Waals surface area (Å²) in [7, 11) is 0. The Morgan fingerprint density at radius 1 is 1.24 bits per heavy atom. The van der Waals surface area contributed by atoms with Gasteiger partial charge < -0.3 is 19.7 Å². The van der Waals surface area contributed by atoms with Crippen molar-refractivity contribution in [1.29, 1.82) is 0 Å². The molecule has 4 atom stereocenters. The van der Waals surface area contributed by atoms with E-state index >= 15 is 0 Å². The standard InChI is InChI=1S/C20H24N2O7/c1-10-3-4-15-12(5-10)13(19(26)29-15)8-22-18(25)11(2)7-21(20(22)27)17-6-14(24)16(9-23)28-17/h5,7,14-17,23-24H,3-4,6,8-9H2,1-2H3/t14-,15?,16+,17+/m0/s1. The Kier molecular flexibility index (Phi) is 5.05. The molecule has 3 aliphatic rings. The Labute approximate surface area is 166 Å². The van der Waals surface area contributed by atoms with Crippen molar-refractivity contribution in [3.05, 3.63) is 55.4 Å². The molecular formula is C20H24N2O7. The Morgan fingerprint density at radius 3 is 2.69 bits per heavy atom. The summed E-state index contributed by atoms with van der Waals surface area (Å²) in [6.07, 6.45) is 2.08. The lowest BCUT2D eigenvalue weighted by molar-refractivity contribution is -0.140. The van der Waals surface area contributed by atoms with Crippen molar-refractivity contribution in [2.24, 2.45) is 0 Å². The molecule has 1 aliphatic carbocycles. The van der Waals surface area contributed by atoms with Gasteiger partial charge in [-0.25, -0.2) is 9.59 Å². The van der Waals surface area contributed by atoms with E-state index in [9.17, 15) is 24.6 Å². The molecule has 0 bridgehead atoms. The number of carbonyl (C=O) groups excluding carboxylic acids is 1. The van der Waals surface area contributed by atoms with Crippen molar-refractivity contribution in [2.75, 3.05) is 6.61 Å². The number of hydrogen-bond acceptors (Lipinski definition) is 7. The second-order valence-corrected chi connectivity index (χ2v) is 7.87. The third-order valence-corrected chi connectivity index (χ3v) is 5.77. The Bertz CT molecular complexity index is 1030. The average Bonchev–Trinajstić information content (AvgIpc) is 3.20. The van der Waals surface area contributed by atoms with Gasteiger partial charge in [-0.05, 0) is 26.7 Å². The third-order valence-electron chi connectivity index (χ3n) is 5.77. The van der Waals surface area contributed by atoms with Gasteiger partial charge in [-0.2, -0.15) is 0 Å². The zero-order valence-corrected chi connectivity index (χ0v) is 16.3. The molecule has 1 aromatic rings. The van der Waals surface area contributed by atoms with Crippen LogP contribution in [0.15, 0.2) is 38.6 Å². The second kappa shape index (κ2) is 7.40. The van der Waals surface area contributed by atoms with E-state index in [2.05, 4.69) is 0 Å². The fraction of sp³-hybridized carbons (Fsp3) is 0.550. The van der Waals surface area contributed by atoms with Crippen LogP contribution in [-0.2, 0) is 20.8 Å². The van der Waals surface area contributed by atoms with Gasteiger partial charge in [-0.15, -0.1) is 0 Å². The molecule has 9 nitrogen and oxygen atoms in total. The fourth-order valence-corrected chi connectivity index (χ4v) is 4.13. The maximum absolute atomic E-state index is 13.1. The lowest BCUT2D eigenvalue weighted by atomic mass is 9.92. The van der Waals surface area contributed by atoms with E-state index in [1.165, 1.54) is 10.8 Å². The van der Waals surface area contributed by atoms with Crippen molar-refractivity contribution >= 4 is 5.97 Å². The molecule has 0 radical (unpaired) electrons. The summed E-state index contributed by atoms with van der Waals surface area (Å²) in [6, 6.07) is 0. The highest BCUT2D eigenvalue weighted by Gasteiger charge is 2.37. The number of aliphatic hydroxyl groups excluding tert-OH is 2. The number of rotatable bonds is 4. The first-order valence-corrected chi connectivity index (χ1v) is 9.68. The first kappa shape index (κ1) is 19.8. The maximum Gasteiger partial charge on any atom is 0.336 e. The van der Waals surface area contributed by atoms with E-state index in [-0.39, 0.29) is 25.7 Å². The summed E-state index contributed by atoms with van der Waals surface area (Å²) < 4.78 is 13.2. The highest BCUT2D eigenvalue weighted by Crippen LogP contribution is 2.33. The minimum absolute atomic E-state index is 0.114. The molecule has 3 heterocycles. The van der Waals surface area contributed by atoms with E-state index < -0.39 is 35.7 Å². The van der Waals surface area contributed by atoms with Gasteiger partial charge in [0.2, 0.25) is 0 Å². The normalized spacial score (nSPS) is 29.1. The van der Waals surface area contributed by atoms with E-state index in [1.54, 1.807) is 6.92 Å². The van der Waals surface area contributed by atoms with Crippen LogP contribution in [0.5, 0.6) is 0 Å². The van der Waals surface area contributed by atoms with Gasteiger partial charge in [0.1, 0.15) is 18.4 Å². The van der Waals surface area contributed by atoms with E-state index in [1.807, 2.05) is 13.0 Å². The first-order valence-electron chi connectivity index (χ1n) is 9.68. The summed E-state index contributed by atoms with van der Waals surface area (Å²) in [5, 5.41) is 19.3. The number of carbonyl (C=O) groups is 1. The average molecular weight is 404 g/mol. The Morgan fingerprint density at radius 2 is 2.00 bits per heavy atom. The molecule has 2 N–H and O–H groups in total. The van der Waals surface area contributed by atoms with Gasteiger partial charge >= 0.3 is 11.7 Å². The number of hydrogen-bond donors (Lipinski definition) is 2. The van der Waals surface area contributed by atoms with Crippen molar-refractivity contribution in [3.8, 4) is 0 Å². The maximum atomic E-state index is 13.1. The van der Waals surface area contributed by atoms with E-state index in [0.29, 0.717) is 17.6 Å². The number of aryl methyl sites for hydroxylation is 1. The van der Waals surface area contributed by atoms with Crippen LogP contribution in [0.2, 0.25) is 0 Å². The molecule has 29 heavy (non-hydrogen) atoms. The SMILES string of the molecule is CC1=CC2=C(Cn3c(=O)c(C)cn([C@H]4C[C@H](O)[C@@H](CO)O4)c3=O)C(=O)OC2CC1. The van der Waals surface area contributed by atoms with Crippen LogP contribution in [0.3, 0.4) is 0 Å². The Hall–Kier alpha value is -2.49. The van der Waals surface area contributed by atoms with Crippen LogP contribution in [-0.4, -0.2) is 50.2 Å².